The first kappa shape index (κ1) is 18.0. The molecule has 2 aliphatic heterocycles. The second kappa shape index (κ2) is 7.32. The Kier molecular flexibility index (Phi) is 4.88. The van der Waals surface area contributed by atoms with Crippen LogP contribution in [0.1, 0.15) is 30.7 Å². The van der Waals surface area contributed by atoms with E-state index in [-0.39, 0.29) is 6.03 Å². The van der Waals surface area contributed by atoms with E-state index in [2.05, 4.69) is 10.3 Å². The molecule has 4 rings (SSSR count). The number of carbonyl (C=O) groups is 1. The fourth-order valence-electron chi connectivity index (χ4n) is 3.54. The molecule has 0 radical (unpaired) electrons. The molecule has 2 amide bonds. The Morgan fingerprint density at radius 3 is 2.56 bits per heavy atom. The molecule has 1 aromatic carbocycles. The quantitative estimate of drug-likeness (QED) is 0.858. The largest absolute Gasteiger partial charge is 0.336 e. The zero-order valence-corrected chi connectivity index (χ0v) is 15.9. The van der Waals surface area contributed by atoms with E-state index in [1.165, 1.54) is 0 Å². The number of imidazole rings is 1. The topological polar surface area (TPSA) is 87.5 Å². The summed E-state index contributed by atoms with van der Waals surface area (Å²) in [5.41, 5.74) is 0.853. The van der Waals surface area contributed by atoms with Crippen LogP contribution in [-0.2, 0) is 23.0 Å². The van der Waals surface area contributed by atoms with Crippen molar-refractivity contribution in [1.29, 1.82) is 0 Å². The zero-order chi connectivity index (χ0) is 18.9. The van der Waals surface area contributed by atoms with Gasteiger partial charge in [-0.1, -0.05) is 18.6 Å². The minimum Gasteiger partial charge on any atom is -0.332 e. The number of aromatic nitrogens is 2. The Hall–Kier alpha value is -2.39. The van der Waals surface area contributed by atoms with Crippen LogP contribution < -0.4 is 10.3 Å². The summed E-state index contributed by atoms with van der Waals surface area (Å²) in [7, 11) is -3.42. The van der Waals surface area contributed by atoms with Crippen LogP contribution in [0.25, 0.3) is 0 Å². The lowest BCUT2D eigenvalue weighted by Gasteiger charge is -2.25. The Morgan fingerprint density at radius 1 is 1.07 bits per heavy atom. The molecule has 144 valence electrons. The van der Waals surface area contributed by atoms with E-state index in [1.54, 1.807) is 50.6 Å². The van der Waals surface area contributed by atoms with Crippen molar-refractivity contribution >= 4 is 16.1 Å². The predicted octanol–water partition coefficient (Wildman–Crippen LogP) is 1.46. The first-order valence-electron chi connectivity index (χ1n) is 9.23. The summed E-state index contributed by atoms with van der Waals surface area (Å²) in [5, 5.41) is 4.48. The first-order valence-corrected chi connectivity index (χ1v) is 10.7. The Bertz CT molecular complexity index is 917. The van der Waals surface area contributed by atoms with Crippen molar-refractivity contribution in [1.82, 2.24) is 19.3 Å². The van der Waals surface area contributed by atoms with Crippen LogP contribution in [-0.4, -0.2) is 48.0 Å². The SMILES string of the molecule is O=C(NCc1ccc(S(=O)(=O)N2CCCCC2)cc1)N1CCc2nccn21. The van der Waals surface area contributed by atoms with Crippen molar-refractivity contribution in [3.8, 4) is 0 Å². The number of fused-ring (bicyclic) bond motifs is 1. The number of amides is 2. The van der Waals surface area contributed by atoms with Gasteiger partial charge < -0.3 is 5.32 Å². The van der Waals surface area contributed by atoms with Gasteiger partial charge in [-0.2, -0.15) is 4.31 Å². The first-order chi connectivity index (χ1) is 13.1. The summed E-state index contributed by atoms with van der Waals surface area (Å²) >= 11 is 0. The van der Waals surface area contributed by atoms with E-state index < -0.39 is 10.0 Å². The Labute approximate surface area is 158 Å². The normalized spacial score (nSPS) is 17.7. The number of carbonyl (C=O) groups excluding carboxylic acids is 1. The molecule has 27 heavy (non-hydrogen) atoms. The molecule has 0 atom stereocenters. The summed E-state index contributed by atoms with van der Waals surface area (Å²) in [6, 6.07) is 6.55. The standard InChI is InChI=1S/C18H23N5O3S/c24-18(23-12-8-17-19-9-13-22(17)23)20-14-15-4-6-16(7-5-15)27(25,26)21-10-2-1-3-11-21/h4-7,9,13H,1-3,8,10-12,14H2,(H,20,24). The van der Waals surface area contributed by atoms with E-state index in [1.807, 2.05) is 0 Å². The van der Waals surface area contributed by atoms with Gasteiger partial charge in [-0.05, 0) is 30.5 Å². The van der Waals surface area contributed by atoms with Gasteiger partial charge >= 0.3 is 6.03 Å². The highest BCUT2D eigenvalue weighted by Crippen LogP contribution is 2.21. The van der Waals surface area contributed by atoms with Crippen LogP contribution in [0.5, 0.6) is 0 Å². The maximum absolute atomic E-state index is 12.7. The molecule has 9 heteroatoms. The van der Waals surface area contributed by atoms with Crippen LogP contribution >= 0.6 is 0 Å². The molecule has 3 heterocycles. The van der Waals surface area contributed by atoms with Crippen LogP contribution in [0, 0.1) is 0 Å². The molecule has 0 saturated carbocycles. The summed E-state index contributed by atoms with van der Waals surface area (Å²) in [6.07, 6.45) is 7.10. The highest BCUT2D eigenvalue weighted by molar-refractivity contribution is 7.89. The molecule has 1 saturated heterocycles. The van der Waals surface area contributed by atoms with Crippen molar-refractivity contribution in [3.63, 3.8) is 0 Å². The molecule has 8 nitrogen and oxygen atoms in total. The van der Waals surface area contributed by atoms with Crippen molar-refractivity contribution in [3.05, 3.63) is 48.0 Å². The fraction of sp³-hybridized carbons (Fsp3) is 0.444. The second-order valence-corrected chi connectivity index (χ2v) is 8.77. The third kappa shape index (κ3) is 3.57. The molecule has 2 aromatic rings. The van der Waals surface area contributed by atoms with E-state index >= 15 is 0 Å². The van der Waals surface area contributed by atoms with Gasteiger partial charge in [0.15, 0.2) is 0 Å². The molecule has 0 bridgehead atoms. The molecule has 0 unspecified atom stereocenters. The number of sulfonamides is 1. The summed E-state index contributed by atoms with van der Waals surface area (Å²) in [5.74, 6) is 0.873. The van der Waals surface area contributed by atoms with Crippen LogP contribution in [0.15, 0.2) is 41.6 Å². The van der Waals surface area contributed by atoms with Crippen LogP contribution in [0.4, 0.5) is 4.79 Å². The van der Waals surface area contributed by atoms with E-state index in [0.717, 1.165) is 37.1 Å². The molecule has 1 fully saturated rings. The number of urea groups is 1. The minimum atomic E-state index is -3.42. The average Bonchev–Trinajstić information content (AvgIpc) is 3.31. The minimum absolute atomic E-state index is 0.197. The number of hydrogen-bond acceptors (Lipinski definition) is 4. The Morgan fingerprint density at radius 2 is 1.81 bits per heavy atom. The molecule has 1 N–H and O–H groups in total. The number of piperidine rings is 1. The highest BCUT2D eigenvalue weighted by atomic mass is 32.2. The van der Waals surface area contributed by atoms with Gasteiger partial charge in [0.2, 0.25) is 10.0 Å². The Balaban J connectivity index is 1.37. The van der Waals surface area contributed by atoms with Crippen LogP contribution in [0.3, 0.4) is 0 Å². The maximum atomic E-state index is 12.7. The predicted molar refractivity (Wildman–Crippen MR) is 100 cm³/mol. The fourth-order valence-corrected chi connectivity index (χ4v) is 5.06. The third-order valence-electron chi connectivity index (χ3n) is 5.06. The number of hydrogen-bond donors (Lipinski definition) is 1. The summed E-state index contributed by atoms with van der Waals surface area (Å²) < 4.78 is 28.7. The lowest BCUT2D eigenvalue weighted by molar-refractivity contribution is 0.241. The molecule has 2 aliphatic rings. The van der Waals surface area contributed by atoms with Crippen LogP contribution in [0.2, 0.25) is 0 Å². The van der Waals surface area contributed by atoms with Gasteiger partial charge in [-0.15, -0.1) is 0 Å². The highest BCUT2D eigenvalue weighted by Gasteiger charge is 2.26. The summed E-state index contributed by atoms with van der Waals surface area (Å²) in [4.78, 5) is 16.9. The number of nitrogens with one attached hydrogen (secondary N) is 1. The number of rotatable bonds is 4. The molecular weight excluding hydrogens is 366 g/mol. The molecule has 0 aliphatic carbocycles. The van der Waals surface area contributed by atoms with Crippen molar-refractivity contribution in [2.45, 2.75) is 37.1 Å². The van der Waals surface area contributed by atoms with E-state index in [4.69, 9.17) is 0 Å². The lowest BCUT2D eigenvalue weighted by Crippen LogP contribution is -2.44. The monoisotopic (exact) mass is 389 g/mol. The van der Waals surface area contributed by atoms with E-state index in [9.17, 15) is 13.2 Å². The van der Waals surface area contributed by atoms with Crippen molar-refractivity contribution < 1.29 is 13.2 Å². The zero-order valence-electron chi connectivity index (χ0n) is 15.0. The lowest BCUT2D eigenvalue weighted by atomic mass is 10.2. The molecule has 0 spiro atoms. The van der Waals surface area contributed by atoms with Gasteiger partial charge in [0.25, 0.3) is 0 Å². The van der Waals surface area contributed by atoms with Gasteiger partial charge in [0.05, 0.1) is 11.4 Å². The number of nitrogens with zero attached hydrogens (tertiary/aromatic N) is 4. The van der Waals surface area contributed by atoms with Gasteiger partial charge in [0.1, 0.15) is 5.82 Å². The van der Waals surface area contributed by atoms with Crippen molar-refractivity contribution in [2.75, 3.05) is 24.6 Å². The smallest absolute Gasteiger partial charge is 0.332 e. The average molecular weight is 389 g/mol. The third-order valence-corrected chi connectivity index (χ3v) is 6.97. The van der Waals surface area contributed by atoms with E-state index in [0.29, 0.717) is 31.1 Å². The van der Waals surface area contributed by atoms with Crippen molar-refractivity contribution in [2.24, 2.45) is 0 Å². The molecule has 1 aromatic heterocycles. The second-order valence-electron chi connectivity index (χ2n) is 6.83. The van der Waals surface area contributed by atoms with Gasteiger partial charge in [0, 0.05) is 38.4 Å². The van der Waals surface area contributed by atoms with Gasteiger partial charge in [-0.3, -0.25) is 0 Å². The maximum Gasteiger partial charge on any atom is 0.336 e. The number of benzene rings is 1. The van der Waals surface area contributed by atoms with Gasteiger partial charge in [-0.25, -0.2) is 27.9 Å². The summed E-state index contributed by atoms with van der Waals surface area (Å²) in [6.45, 7) is 2.11. The molecular formula is C18H23N5O3S.